The molecule has 3 aliphatic rings. The van der Waals surface area contributed by atoms with E-state index in [-0.39, 0.29) is 0 Å². The summed E-state index contributed by atoms with van der Waals surface area (Å²) in [6, 6.07) is 1.73. The Morgan fingerprint density at radius 2 is 2.12 bits per heavy atom. The predicted molar refractivity (Wildman–Crippen MR) is 71.2 cm³/mol. The van der Waals surface area contributed by atoms with Crippen molar-refractivity contribution < 1.29 is 0 Å². The number of nitrogens with one attached hydrogen (secondary N) is 1. The minimum absolute atomic E-state index is 0.847. The number of piperidine rings is 1. The molecule has 0 aromatic carbocycles. The molecular weight excluding hydrogens is 210 g/mol. The predicted octanol–water partition coefficient (Wildman–Crippen LogP) is 1.15. The van der Waals surface area contributed by atoms with Crippen LogP contribution in [-0.4, -0.2) is 61.7 Å². The summed E-state index contributed by atoms with van der Waals surface area (Å²) < 4.78 is 0. The van der Waals surface area contributed by atoms with Crippen LogP contribution in [0.15, 0.2) is 0 Å². The van der Waals surface area contributed by atoms with Crippen LogP contribution >= 0.6 is 0 Å². The number of nitrogens with zero attached hydrogens (tertiary/aromatic N) is 2. The standard InChI is InChI=1S/C14H27N3/c1-16(11-12-4-2-7-15-10-12)13-6-9-17-8-3-5-14(13)17/h12-15H,2-11H2,1H3. The Balaban J connectivity index is 1.53. The molecule has 0 saturated carbocycles. The quantitative estimate of drug-likeness (QED) is 0.794. The summed E-state index contributed by atoms with van der Waals surface area (Å²) in [7, 11) is 2.36. The molecule has 0 radical (unpaired) electrons. The highest BCUT2D eigenvalue weighted by Gasteiger charge is 2.39. The topological polar surface area (TPSA) is 18.5 Å². The SMILES string of the molecule is CN(CC1CCCNC1)C1CCN2CCCC12. The third-order valence-electron chi connectivity index (χ3n) is 5.08. The zero-order valence-corrected chi connectivity index (χ0v) is 11.2. The van der Waals surface area contributed by atoms with Crippen molar-refractivity contribution in [3.8, 4) is 0 Å². The molecule has 0 spiro atoms. The molecule has 0 bridgehead atoms. The first kappa shape index (κ1) is 11.9. The molecule has 0 aromatic heterocycles. The van der Waals surface area contributed by atoms with E-state index in [2.05, 4.69) is 22.2 Å². The lowest BCUT2D eigenvalue weighted by Gasteiger charge is -2.34. The molecule has 3 fully saturated rings. The second kappa shape index (κ2) is 5.25. The molecule has 17 heavy (non-hydrogen) atoms. The van der Waals surface area contributed by atoms with Crippen LogP contribution in [0.25, 0.3) is 0 Å². The van der Waals surface area contributed by atoms with Crippen LogP contribution in [0.2, 0.25) is 0 Å². The van der Waals surface area contributed by atoms with Gasteiger partial charge in [0.15, 0.2) is 0 Å². The minimum atomic E-state index is 0.847. The number of hydrogen-bond acceptors (Lipinski definition) is 3. The molecule has 0 aliphatic carbocycles. The fraction of sp³-hybridized carbons (Fsp3) is 1.00. The van der Waals surface area contributed by atoms with Crippen LogP contribution in [0.1, 0.15) is 32.1 Å². The van der Waals surface area contributed by atoms with E-state index in [1.807, 2.05) is 0 Å². The monoisotopic (exact) mass is 237 g/mol. The first-order valence-corrected chi connectivity index (χ1v) is 7.49. The van der Waals surface area contributed by atoms with Gasteiger partial charge in [0.2, 0.25) is 0 Å². The van der Waals surface area contributed by atoms with Gasteiger partial charge in [-0.05, 0) is 64.7 Å². The number of likely N-dealkylation sites (N-methyl/N-ethyl adjacent to an activating group) is 1. The number of hydrogen-bond donors (Lipinski definition) is 1. The largest absolute Gasteiger partial charge is 0.316 e. The summed E-state index contributed by atoms with van der Waals surface area (Å²) in [6.07, 6.45) is 7.08. The van der Waals surface area contributed by atoms with E-state index in [0.717, 1.165) is 18.0 Å². The third kappa shape index (κ3) is 2.51. The van der Waals surface area contributed by atoms with E-state index in [4.69, 9.17) is 0 Å². The van der Waals surface area contributed by atoms with Crippen molar-refractivity contribution in [3.05, 3.63) is 0 Å². The zero-order valence-electron chi connectivity index (χ0n) is 11.2. The van der Waals surface area contributed by atoms with Crippen molar-refractivity contribution in [3.63, 3.8) is 0 Å². The summed E-state index contributed by atoms with van der Waals surface area (Å²) in [5.74, 6) is 0.893. The first-order valence-electron chi connectivity index (χ1n) is 7.49. The van der Waals surface area contributed by atoms with Gasteiger partial charge < -0.3 is 10.2 Å². The van der Waals surface area contributed by atoms with E-state index in [9.17, 15) is 0 Å². The second-order valence-electron chi connectivity index (χ2n) is 6.25. The maximum absolute atomic E-state index is 3.54. The molecule has 3 heterocycles. The average Bonchev–Trinajstić information content (AvgIpc) is 2.91. The molecule has 3 unspecified atom stereocenters. The Labute approximate surface area is 106 Å². The van der Waals surface area contributed by atoms with Crippen LogP contribution in [-0.2, 0) is 0 Å². The highest BCUT2D eigenvalue weighted by molar-refractivity contribution is 4.96. The van der Waals surface area contributed by atoms with Gasteiger partial charge in [0.05, 0.1) is 0 Å². The average molecular weight is 237 g/mol. The summed E-state index contributed by atoms with van der Waals surface area (Å²) in [5.41, 5.74) is 0. The summed E-state index contributed by atoms with van der Waals surface area (Å²) in [6.45, 7) is 6.50. The Bertz CT molecular complexity index is 250. The van der Waals surface area contributed by atoms with Gasteiger partial charge in [-0.2, -0.15) is 0 Å². The molecule has 3 rings (SSSR count). The molecule has 3 aliphatic heterocycles. The first-order chi connectivity index (χ1) is 8.34. The van der Waals surface area contributed by atoms with Crippen LogP contribution in [0.5, 0.6) is 0 Å². The van der Waals surface area contributed by atoms with Gasteiger partial charge in [0.1, 0.15) is 0 Å². The summed E-state index contributed by atoms with van der Waals surface area (Å²) in [4.78, 5) is 5.40. The summed E-state index contributed by atoms with van der Waals surface area (Å²) >= 11 is 0. The Kier molecular flexibility index (Phi) is 3.69. The molecule has 0 aromatic rings. The molecule has 0 amide bonds. The highest BCUT2D eigenvalue weighted by atomic mass is 15.3. The van der Waals surface area contributed by atoms with Gasteiger partial charge in [-0.25, -0.2) is 0 Å². The Hall–Kier alpha value is -0.120. The highest BCUT2D eigenvalue weighted by Crippen LogP contribution is 2.31. The smallest absolute Gasteiger partial charge is 0.0260 e. The van der Waals surface area contributed by atoms with Crippen LogP contribution < -0.4 is 5.32 Å². The Morgan fingerprint density at radius 1 is 1.18 bits per heavy atom. The fourth-order valence-electron chi connectivity index (χ4n) is 4.19. The van der Waals surface area contributed by atoms with Gasteiger partial charge in [0.25, 0.3) is 0 Å². The third-order valence-corrected chi connectivity index (χ3v) is 5.08. The maximum atomic E-state index is 3.54. The summed E-state index contributed by atoms with van der Waals surface area (Å²) in [5, 5.41) is 3.54. The number of rotatable bonds is 3. The van der Waals surface area contributed by atoms with Crippen molar-refractivity contribution in [1.29, 1.82) is 0 Å². The van der Waals surface area contributed by atoms with Gasteiger partial charge in [-0.3, -0.25) is 4.90 Å². The van der Waals surface area contributed by atoms with Crippen molar-refractivity contribution >= 4 is 0 Å². The molecule has 3 saturated heterocycles. The van der Waals surface area contributed by atoms with Crippen molar-refractivity contribution in [1.82, 2.24) is 15.1 Å². The maximum Gasteiger partial charge on any atom is 0.0260 e. The number of fused-ring (bicyclic) bond motifs is 1. The van der Waals surface area contributed by atoms with Gasteiger partial charge in [-0.1, -0.05) is 0 Å². The van der Waals surface area contributed by atoms with Gasteiger partial charge in [0, 0.05) is 25.2 Å². The van der Waals surface area contributed by atoms with Crippen molar-refractivity contribution in [2.24, 2.45) is 5.92 Å². The normalized spacial score (nSPS) is 38.8. The van der Waals surface area contributed by atoms with E-state index < -0.39 is 0 Å². The van der Waals surface area contributed by atoms with Gasteiger partial charge in [-0.15, -0.1) is 0 Å². The van der Waals surface area contributed by atoms with E-state index >= 15 is 0 Å². The molecule has 3 heteroatoms. The zero-order chi connectivity index (χ0) is 11.7. The lowest BCUT2D eigenvalue weighted by Crippen LogP contribution is -2.45. The van der Waals surface area contributed by atoms with Crippen LogP contribution in [0.3, 0.4) is 0 Å². The second-order valence-corrected chi connectivity index (χ2v) is 6.25. The lowest BCUT2D eigenvalue weighted by molar-refractivity contribution is 0.158. The van der Waals surface area contributed by atoms with Crippen molar-refractivity contribution in [2.75, 3.05) is 39.8 Å². The van der Waals surface area contributed by atoms with Crippen LogP contribution in [0.4, 0.5) is 0 Å². The molecule has 98 valence electrons. The minimum Gasteiger partial charge on any atom is -0.316 e. The molecular formula is C14H27N3. The molecule has 3 nitrogen and oxygen atoms in total. The van der Waals surface area contributed by atoms with E-state index in [0.29, 0.717) is 0 Å². The fourth-order valence-corrected chi connectivity index (χ4v) is 4.19. The van der Waals surface area contributed by atoms with E-state index in [1.54, 1.807) is 0 Å². The van der Waals surface area contributed by atoms with Gasteiger partial charge >= 0.3 is 0 Å². The Morgan fingerprint density at radius 3 is 2.94 bits per heavy atom. The van der Waals surface area contributed by atoms with Crippen molar-refractivity contribution in [2.45, 2.75) is 44.2 Å². The molecule has 1 N–H and O–H groups in total. The molecule has 3 atom stereocenters. The lowest BCUT2D eigenvalue weighted by atomic mass is 9.97. The van der Waals surface area contributed by atoms with E-state index in [1.165, 1.54) is 64.8 Å². The van der Waals surface area contributed by atoms with Crippen LogP contribution in [0, 0.1) is 5.92 Å².